The van der Waals surface area contributed by atoms with Crippen LogP contribution >= 0.6 is 0 Å². The number of amides is 1. The second-order valence-electron chi connectivity index (χ2n) is 8.03. The number of hydrogen-bond acceptors (Lipinski definition) is 2. The van der Waals surface area contributed by atoms with Crippen molar-refractivity contribution in [3.63, 3.8) is 0 Å². The molecular formula is C17H24N2O. The monoisotopic (exact) mass is 272 g/mol. The van der Waals surface area contributed by atoms with Crippen LogP contribution in [0.25, 0.3) is 0 Å². The first kappa shape index (κ1) is 12.7. The van der Waals surface area contributed by atoms with E-state index in [0.717, 1.165) is 17.8 Å². The van der Waals surface area contributed by atoms with Gasteiger partial charge in [-0.15, -0.1) is 0 Å². The third-order valence-corrected chi connectivity index (χ3v) is 6.78. The van der Waals surface area contributed by atoms with E-state index in [9.17, 15) is 4.79 Å². The van der Waals surface area contributed by atoms with Crippen LogP contribution in [0.5, 0.6) is 0 Å². The Labute approximate surface area is 121 Å². The van der Waals surface area contributed by atoms with E-state index >= 15 is 0 Å². The lowest BCUT2D eigenvalue weighted by atomic mass is 9.47. The lowest BCUT2D eigenvalue weighted by Crippen LogP contribution is -2.56. The van der Waals surface area contributed by atoms with E-state index in [1.807, 2.05) is 0 Å². The van der Waals surface area contributed by atoms with Crippen molar-refractivity contribution in [1.29, 1.82) is 5.26 Å². The second kappa shape index (κ2) is 4.23. The minimum Gasteiger partial charge on any atom is -0.338 e. The summed E-state index contributed by atoms with van der Waals surface area (Å²) in [6.45, 7) is 2.95. The van der Waals surface area contributed by atoms with Gasteiger partial charge >= 0.3 is 0 Å². The summed E-state index contributed by atoms with van der Waals surface area (Å²) in [5.74, 6) is 2.92. The van der Waals surface area contributed by atoms with E-state index in [1.54, 1.807) is 0 Å². The molecule has 0 spiro atoms. The minimum absolute atomic E-state index is 0.0705. The van der Waals surface area contributed by atoms with Crippen LogP contribution in [0.3, 0.4) is 0 Å². The maximum absolute atomic E-state index is 12.3. The molecule has 4 aliphatic carbocycles. The smallest absolute Gasteiger partial charge is 0.224 e. The van der Waals surface area contributed by atoms with Gasteiger partial charge in [0.1, 0.15) is 0 Å². The fourth-order valence-corrected chi connectivity index (χ4v) is 6.21. The van der Waals surface area contributed by atoms with Gasteiger partial charge in [0, 0.05) is 19.0 Å². The second-order valence-corrected chi connectivity index (χ2v) is 8.03. The fourth-order valence-electron chi connectivity index (χ4n) is 6.21. The molecule has 3 nitrogen and oxygen atoms in total. The molecule has 108 valence electrons. The first-order valence-electron chi connectivity index (χ1n) is 8.29. The summed E-state index contributed by atoms with van der Waals surface area (Å²) in [6.07, 6.45) is 8.79. The molecule has 5 aliphatic rings. The molecule has 1 heterocycles. The fraction of sp³-hybridized carbons (Fsp3) is 0.882. The summed E-state index contributed by atoms with van der Waals surface area (Å²) >= 11 is 0. The Kier molecular flexibility index (Phi) is 2.68. The Balaban J connectivity index is 1.58. The number of carbonyl (C=O) groups excluding carboxylic acids is 1. The summed E-state index contributed by atoms with van der Waals surface area (Å²) in [5, 5.41) is 9.09. The van der Waals surface area contributed by atoms with Gasteiger partial charge in [-0.05, 0) is 68.6 Å². The molecule has 5 fully saturated rings. The van der Waals surface area contributed by atoms with E-state index in [-0.39, 0.29) is 11.8 Å². The average molecular weight is 272 g/mol. The topological polar surface area (TPSA) is 44.1 Å². The number of nitrogens with zero attached hydrogens (tertiary/aromatic N) is 2. The normalized spacial score (nSPS) is 47.6. The molecule has 3 heteroatoms. The lowest BCUT2D eigenvalue weighted by molar-refractivity contribution is -0.140. The van der Waals surface area contributed by atoms with Crippen LogP contribution in [0.1, 0.15) is 51.9 Å². The van der Waals surface area contributed by atoms with Gasteiger partial charge in [-0.2, -0.15) is 5.26 Å². The zero-order valence-corrected chi connectivity index (χ0v) is 12.3. The minimum atomic E-state index is -0.0705. The Morgan fingerprint density at radius 1 is 1.20 bits per heavy atom. The van der Waals surface area contributed by atoms with Crippen molar-refractivity contribution in [2.24, 2.45) is 29.1 Å². The van der Waals surface area contributed by atoms with Crippen molar-refractivity contribution in [2.75, 3.05) is 6.54 Å². The van der Waals surface area contributed by atoms with Crippen LogP contribution in [0.15, 0.2) is 0 Å². The molecule has 0 aromatic carbocycles. The van der Waals surface area contributed by atoms with Gasteiger partial charge in [0.2, 0.25) is 5.91 Å². The van der Waals surface area contributed by atoms with Gasteiger partial charge in [0.05, 0.1) is 12.0 Å². The highest BCUT2D eigenvalue weighted by Crippen LogP contribution is 2.62. The zero-order chi connectivity index (χ0) is 13.9. The molecule has 4 bridgehead atoms. The Bertz CT molecular complexity index is 443. The molecule has 1 saturated heterocycles. The summed E-state index contributed by atoms with van der Waals surface area (Å²) < 4.78 is 0. The molecule has 1 amide bonds. The van der Waals surface area contributed by atoms with Crippen molar-refractivity contribution in [3.05, 3.63) is 0 Å². The molecule has 1 aliphatic heterocycles. The SMILES string of the molecule is CC(N1CC(C#N)CC1=O)C12CC3CC(CC(C3)C1)C2. The predicted octanol–water partition coefficient (Wildman–Crippen LogP) is 2.96. The van der Waals surface area contributed by atoms with Crippen LogP contribution in [-0.2, 0) is 4.79 Å². The van der Waals surface area contributed by atoms with Gasteiger partial charge in [0.25, 0.3) is 0 Å². The third-order valence-electron chi connectivity index (χ3n) is 6.78. The molecule has 5 rings (SSSR count). The van der Waals surface area contributed by atoms with Crippen molar-refractivity contribution in [3.8, 4) is 6.07 Å². The van der Waals surface area contributed by atoms with Gasteiger partial charge in [0.15, 0.2) is 0 Å². The molecule has 2 unspecified atom stereocenters. The van der Waals surface area contributed by atoms with Crippen LogP contribution in [0.4, 0.5) is 0 Å². The Hall–Kier alpha value is -1.04. The molecule has 0 aromatic rings. The van der Waals surface area contributed by atoms with Gasteiger partial charge in [-0.3, -0.25) is 4.79 Å². The van der Waals surface area contributed by atoms with Crippen molar-refractivity contribution in [2.45, 2.75) is 57.9 Å². The van der Waals surface area contributed by atoms with E-state index in [1.165, 1.54) is 38.5 Å². The number of nitriles is 1. The number of hydrogen-bond donors (Lipinski definition) is 0. The largest absolute Gasteiger partial charge is 0.338 e. The van der Waals surface area contributed by atoms with Crippen molar-refractivity contribution < 1.29 is 4.79 Å². The predicted molar refractivity (Wildman–Crippen MR) is 75.5 cm³/mol. The lowest BCUT2D eigenvalue weighted by Gasteiger charge is -2.60. The van der Waals surface area contributed by atoms with Gasteiger partial charge < -0.3 is 4.90 Å². The Morgan fingerprint density at radius 3 is 2.20 bits per heavy atom. The van der Waals surface area contributed by atoms with Crippen LogP contribution in [0, 0.1) is 40.4 Å². The highest BCUT2D eigenvalue weighted by atomic mass is 16.2. The van der Waals surface area contributed by atoms with Gasteiger partial charge in [-0.1, -0.05) is 0 Å². The quantitative estimate of drug-likeness (QED) is 0.775. The molecule has 0 aromatic heterocycles. The average Bonchev–Trinajstić information content (AvgIpc) is 2.77. The number of likely N-dealkylation sites (tertiary alicyclic amines) is 1. The first-order valence-corrected chi connectivity index (χ1v) is 8.29. The molecule has 0 radical (unpaired) electrons. The number of carbonyl (C=O) groups is 1. The summed E-state index contributed by atoms with van der Waals surface area (Å²) in [6, 6.07) is 2.64. The highest BCUT2D eigenvalue weighted by Gasteiger charge is 2.55. The van der Waals surface area contributed by atoms with Crippen molar-refractivity contribution >= 4 is 5.91 Å². The van der Waals surface area contributed by atoms with Crippen molar-refractivity contribution in [1.82, 2.24) is 4.90 Å². The molecule has 2 atom stereocenters. The van der Waals surface area contributed by atoms with Crippen LogP contribution < -0.4 is 0 Å². The molecule has 4 saturated carbocycles. The van der Waals surface area contributed by atoms with E-state index in [4.69, 9.17) is 5.26 Å². The van der Waals surface area contributed by atoms with Crippen LogP contribution in [-0.4, -0.2) is 23.4 Å². The van der Waals surface area contributed by atoms with E-state index < -0.39 is 0 Å². The third kappa shape index (κ3) is 1.73. The van der Waals surface area contributed by atoms with Gasteiger partial charge in [-0.25, -0.2) is 0 Å². The molecule has 20 heavy (non-hydrogen) atoms. The summed E-state index contributed by atoms with van der Waals surface area (Å²) in [4.78, 5) is 14.3. The Morgan fingerprint density at radius 2 is 1.75 bits per heavy atom. The maximum Gasteiger partial charge on any atom is 0.224 e. The molecular weight excluding hydrogens is 248 g/mol. The van der Waals surface area contributed by atoms with E-state index in [2.05, 4.69) is 17.9 Å². The molecule has 0 N–H and O–H groups in total. The van der Waals surface area contributed by atoms with E-state index in [0.29, 0.717) is 24.4 Å². The standard InChI is InChI=1S/C17H24N2O/c1-11(19-10-15(9-18)5-16(19)20)17-6-12-2-13(7-17)4-14(3-12)8-17/h11-15H,2-8,10H2,1H3. The highest BCUT2D eigenvalue weighted by molar-refractivity contribution is 5.79. The first-order chi connectivity index (χ1) is 9.59. The maximum atomic E-state index is 12.3. The van der Waals surface area contributed by atoms with Crippen LogP contribution in [0.2, 0.25) is 0 Å². The number of rotatable bonds is 2. The summed E-state index contributed by atoms with van der Waals surface area (Å²) in [5.41, 5.74) is 0.384. The zero-order valence-electron chi connectivity index (χ0n) is 12.3. The summed E-state index contributed by atoms with van der Waals surface area (Å²) in [7, 11) is 0.